The predicted molar refractivity (Wildman–Crippen MR) is 129 cm³/mol. The Morgan fingerprint density at radius 3 is 1.33 bits per heavy atom. The molecule has 0 bridgehead atoms. The van der Waals surface area contributed by atoms with Gasteiger partial charge in [0.05, 0.1) is 0 Å². The molecule has 0 unspecified atom stereocenters. The van der Waals surface area contributed by atoms with Crippen molar-refractivity contribution in [3.63, 3.8) is 0 Å². The molecule has 2 aliphatic rings. The monoisotopic (exact) mass is 496 g/mol. The Labute approximate surface area is 206 Å². The molecule has 36 heavy (non-hydrogen) atoms. The molecule has 6 atom stereocenters. The van der Waals surface area contributed by atoms with Gasteiger partial charge in [-0.05, 0) is 11.1 Å². The third kappa shape index (κ3) is 5.04. The van der Waals surface area contributed by atoms with Gasteiger partial charge in [-0.15, -0.1) is 0 Å². The summed E-state index contributed by atoms with van der Waals surface area (Å²) in [6.45, 7) is 0. The minimum absolute atomic E-state index is 0.217. The molecule has 2 aromatic carbocycles. The van der Waals surface area contributed by atoms with Gasteiger partial charge in [0, 0.05) is 12.8 Å². The van der Waals surface area contributed by atoms with E-state index in [-0.39, 0.29) is 24.5 Å². The first-order valence-corrected chi connectivity index (χ1v) is 11.3. The quantitative estimate of drug-likeness (QED) is 0.167. The summed E-state index contributed by atoms with van der Waals surface area (Å²) in [5.41, 5.74) is 1.63. The van der Waals surface area contributed by atoms with Gasteiger partial charge in [0.15, 0.2) is 11.7 Å². The highest BCUT2D eigenvalue weighted by Gasteiger charge is 2.45. The minimum atomic E-state index is -2.03. The maximum absolute atomic E-state index is 12.5. The van der Waals surface area contributed by atoms with Gasteiger partial charge in [-0.25, -0.2) is 21.7 Å². The molecule has 2 aliphatic heterocycles. The van der Waals surface area contributed by atoms with E-state index in [9.17, 15) is 30.0 Å². The van der Waals surface area contributed by atoms with Crippen LogP contribution < -0.4 is 11.7 Å². The lowest BCUT2D eigenvalue weighted by atomic mass is 10.0. The number of benzene rings is 2. The van der Waals surface area contributed by atoms with Crippen molar-refractivity contribution in [1.82, 2.24) is 10.0 Å². The van der Waals surface area contributed by atoms with E-state index >= 15 is 0 Å². The van der Waals surface area contributed by atoms with Crippen molar-refractivity contribution in [1.29, 1.82) is 0 Å². The highest BCUT2D eigenvalue weighted by Crippen LogP contribution is 2.21. The molecule has 0 saturated heterocycles. The Hall–Kier alpha value is -3.52. The molecule has 2 amide bonds. The standard InChI is InChI=1S/C24H28N6O6/c25-29-21(27-15(23(29)35)11-13-7-3-1-4-8-13)19(33)17(31)18(32)20(34)22-28-16(24(36)30(22)26)12-14-9-5-2-6-10-14/h1-10,15-20,31-34H,11-12,25-26H2/t15-,16-,17-,18+,19+,20-/m0/s1. The molecule has 0 aliphatic carbocycles. The molecule has 2 heterocycles. The van der Waals surface area contributed by atoms with Gasteiger partial charge in [-0.2, -0.15) is 0 Å². The second kappa shape index (κ2) is 10.6. The predicted octanol–water partition coefficient (Wildman–Crippen LogP) is -2.12. The molecule has 12 nitrogen and oxygen atoms in total. The zero-order chi connectivity index (χ0) is 26.0. The van der Waals surface area contributed by atoms with Gasteiger partial charge in [0.1, 0.15) is 36.5 Å². The number of amidine groups is 2. The molecule has 0 spiro atoms. The van der Waals surface area contributed by atoms with E-state index < -0.39 is 48.3 Å². The lowest BCUT2D eigenvalue weighted by Gasteiger charge is -2.29. The van der Waals surface area contributed by atoms with Crippen LogP contribution in [0.3, 0.4) is 0 Å². The first kappa shape index (κ1) is 25.6. The molecule has 0 aromatic heterocycles. The summed E-state index contributed by atoms with van der Waals surface area (Å²) in [5, 5.41) is 43.7. The number of aliphatic hydroxyl groups is 4. The second-order valence-electron chi connectivity index (χ2n) is 8.67. The summed E-state index contributed by atoms with van der Waals surface area (Å²) in [7, 11) is 0. The summed E-state index contributed by atoms with van der Waals surface area (Å²) in [6, 6.07) is 16.2. The van der Waals surface area contributed by atoms with Crippen LogP contribution in [-0.4, -0.2) is 90.4 Å². The highest BCUT2D eigenvalue weighted by molar-refractivity contribution is 6.08. The number of hydrazine groups is 2. The third-order valence-corrected chi connectivity index (χ3v) is 6.18. The number of aliphatic hydroxyl groups excluding tert-OH is 4. The minimum Gasteiger partial charge on any atom is -0.387 e. The molecule has 4 rings (SSSR count). The van der Waals surface area contributed by atoms with Gasteiger partial charge < -0.3 is 20.4 Å². The molecule has 2 aromatic rings. The van der Waals surface area contributed by atoms with Crippen molar-refractivity contribution >= 4 is 23.5 Å². The van der Waals surface area contributed by atoms with Crippen LogP contribution in [-0.2, 0) is 22.4 Å². The number of rotatable bonds is 9. The van der Waals surface area contributed by atoms with E-state index in [0.29, 0.717) is 10.0 Å². The molecule has 8 N–H and O–H groups in total. The molecule has 190 valence electrons. The van der Waals surface area contributed by atoms with Crippen molar-refractivity contribution in [3.8, 4) is 0 Å². The van der Waals surface area contributed by atoms with E-state index in [4.69, 9.17) is 11.7 Å². The normalized spacial score (nSPS) is 23.4. The Kier molecular flexibility index (Phi) is 7.54. The van der Waals surface area contributed by atoms with E-state index in [0.717, 1.165) is 11.1 Å². The summed E-state index contributed by atoms with van der Waals surface area (Å²) in [5.74, 6) is 9.62. The van der Waals surface area contributed by atoms with Gasteiger partial charge in [0.25, 0.3) is 11.8 Å². The Balaban J connectivity index is 1.46. The molecule has 0 radical (unpaired) electrons. The number of amides is 2. The number of aliphatic imine (C=N–C) groups is 2. The van der Waals surface area contributed by atoms with Crippen molar-refractivity contribution in [2.45, 2.75) is 49.3 Å². The van der Waals surface area contributed by atoms with Crippen LogP contribution in [0.4, 0.5) is 0 Å². The number of hydrogen-bond acceptors (Lipinski definition) is 10. The van der Waals surface area contributed by atoms with E-state index in [2.05, 4.69) is 9.98 Å². The van der Waals surface area contributed by atoms with Crippen LogP contribution in [0.1, 0.15) is 11.1 Å². The van der Waals surface area contributed by atoms with Gasteiger partial charge >= 0.3 is 0 Å². The zero-order valence-corrected chi connectivity index (χ0v) is 19.2. The fraction of sp³-hybridized carbons (Fsp3) is 0.333. The molecular formula is C24H28N6O6. The van der Waals surface area contributed by atoms with Crippen LogP contribution in [0.2, 0.25) is 0 Å². The summed E-state index contributed by atoms with van der Waals surface area (Å²) in [6.07, 6.45) is -7.48. The number of hydrogen-bond donors (Lipinski definition) is 6. The number of carbonyl (C=O) groups is 2. The van der Waals surface area contributed by atoms with Crippen molar-refractivity contribution in [3.05, 3.63) is 71.8 Å². The number of carbonyl (C=O) groups excluding carboxylic acids is 2. The van der Waals surface area contributed by atoms with Crippen LogP contribution in [0.25, 0.3) is 0 Å². The Morgan fingerprint density at radius 2 is 1.00 bits per heavy atom. The Morgan fingerprint density at radius 1 is 0.667 bits per heavy atom. The molecule has 0 fully saturated rings. The fourth-order valence-corrected chi connectivity index (χ4v) is 4.16. The maximum atomic E-state index is 12.5. The molecule has 12 heteroatoms. The van der Waals surface area contributed by atoms with Crippen LogP contribution in [0, 0.1) is 0 Å². The van der Waals surface area contributed by atoms with Crippen molar-refractivity contribution in [2.24, 2.45) is 21.7 Å². The third-order valence-electron chi connectivity index (χ3n) is 6.18. The number of nitrogens with zero attached hydrogens (tertiary/aromatic N) is 4. The highest BCUT2D eigenvalue weighted by atomic mass is 16.4. The summed E-state index contributed by atoms with van der Waals surface area (Å²) < 4.78 is 0. The lowest BCUT2D eigenvalue weighted by Crippen LogP contribution is -2.57. The molecular weight excluding hydrogens is 468 g/mol. The average Bonchev–Trinajstić information content (AvgIpc) is 3.33. The zero-order valence-electron chi connectivity index (χ0n) is 19.2. The van der Waals surface area contributed by atoms with E-state index in [1.54, 1.807) is 48.5 Å². The summed E-state index contributed by atoms with van der Waals surface area (Å²) in [4.78, 5) is 33.3. The largest absolute Gasteiger partial charge is 0.387 e. The van der Waals surface area contributed by atoms with Crippen molar-refractivity contribution in [2.75, 3.05) is 0 Å². The first-order chi connectivity index (χ1) is 17.2. The topological polar surface area (TPSA) is 198 Å². The van der Waals surface area contributed by atoms with Crippen LogP contribution in [0.15, 0.2) is 70.6 Å². The van der Waals surface area contributed by atoms with Crippen LogP contribution in [0.5, 0.6) is 0 Å². The lowest BCUT2D eigenvalue weighted by molar-refractivity contribution is -0.129. The summed E-state index contributed by atoms with van der Waals surface area (Å²) >= 11 is 0. The van der Waals surface area contributed by atoms with Crippen LogP contribution >= 0.6 is 0 Å². The van der Waals surface area contributed by atoms with Gasteiger partial charge in [-0.3, -0.25) is 19.6 Å². The SMILES string of the molecule is NN1C(=O)[C@H](Cc2ccccc2)N=C1[C@@H](O)[C@H](O)[C@H](O)[C@@H](O)C1=N[C@@H](Cc2ccccc2)C(=O)N1N. The molecule has 0 saturated carbocycles. The van der Waals surface area contributed by atoms with Gasteiger partial charge in [0.2, 0.25) is 0 Å². The fourth-order valence-electron chi connectivity index (χ4n) is 4.16. The first-order valence-electron chi connectivity index (χ1n) is 11.3. The average molecular weight is 497 g/mol. The van der Waals surface area contributed by atoms with Gasteiger partial charge in [-0.1, -0.05) is 60.7 Å². The van der Waals surface area contributed by atoms with Crippen molar-refractivity contribution < 1.29 is 30.0 Å². The Bertz CT molecular complexity index is 1070. The van der Waals surface area contributed by atoms with E-state index in [1.807, 2.05) is 12.1 Å². The smallest absolute Gasteiger partial charge is 0.267 e. The second-order valence-corrected chi connectivity index (χ2v) is 8.67. The maximum Gasteiger partial charge on any atom is 0.267 e. The van der Waals surface area contributed by atoms with E-state index in [1.165, 1.54) is 0 Å². The number of nitrogens with two attached hydrogens (primary N) is 2.